The highest BCUT2D eigenvalue weighted by molar-refractivity contribution is 5.79. The van der Waals surface area contributed by atoms with Crippen molar-refractivity contribution in [3.05, 3.63) is 65.2 Å². The molecule has 150 valence electrons. The molecule has 0 unspecified atom stereocenters. The van der Waals surface area contributed by atoms with E-state index in [2.05, 4.69) is 49.5 Å². The van der Waals surface area contributed by atoms with E-state index in [1.165, 1.54) is 17.2 Å². The van der Waals surface area contributed by atoms with Crippen LogP contribution in [0.3, 0.4) is 0 Å². The number of aliphatic imine (C=N–C) groups is 1. The molecule has 3 rings (SSSR count). The van der Waals surface area contributed by atoms with Gasteiger partial charge in [0.1, 0.15) is 5.75 Å². The number of para-hydroxylation sites is 1. The summed E-state index contributed by atoms with van der Waals surface area (Å²) in [5, 5.41) is 6.43. The maximum absolute atomic E-state index is 12.5. The van der Waals surface area contributed by atoms with Gasteiger partial charge < -0.3 is 15.4 Å². The van der Waals surface area contributed by atoms with Crippen molar-refractivity contribution in [2.45, 2.75) is 26.1 Å². The molecule has 0 saturated carbocycles. The van der Waals surface area contributed by atoms with Gasteiger partial charge in [-0.15, -0.1) is 0 Å². The van der Waals surface area contributed by atoms with Crippen molar-refractivity contribution in [2.75, 3.05) is 26.7 Å². The summed E-state index contributed by atoms with van der Waals surface area (Å²) in [6.45, 7) is 1.16. The lowest BCUT2D eigenvalue weighted by molar-refractivity contribution is -0.0504. The molecule has 2 aromatic rings. The van der Waals surface area contributed by atoms with Gasteiger partial charge in [0.25, 0.3) is 0 Å². The molecule has 0 radical (unpaired) electrons. The van der Waals surface area contributed by atoms with E-state index >= 15 is 0 Å². The Labute approximate surface area is 164 Å². The highest BCUT2D eigenvalue weighted by atomic mass is 19.3. The topological polar surface area (TPSA) is 48.9 Å². The lowest BCUT2D eigenvalue weighted by atomic mass is 10.00. The van der Waals surface area contributed by atoms with Crippen LogP contribution < -0.4 is 15.4 Å². The van der Waals surface area contributed by atoms with Gasteiger partial charge in [0.15, 0.2) is 5.96 Å². The molecule has 2 N–H and O–H groups in total. The van der Waals surface area contributed by atoms with Crippen LogP contribution in [-0.4, -0.2) is 44.2 Å². The van der Waals surface area contributed by atoms with Crippen LogP contribution in [0, 0.1) is 0 Å². The monoisotopic (exact) mass is 388 g/mol. The molecule has 0 aromatic heterocycles. The van der Waals surface area contributed by atoms with Gasteiger partial charge in [0.2, 0.25) is 0 Å². The lowest BCUT2D eigenvalue weighted by Gasteiger charge is -2.28. The van der Waals surface area contributed by atoms with Crippen molar-refractivity contribution in [3.8, 4) is 5.75 Å². The van der Waals surface area contributed by atoms with Crippen LogP contribution in [-0.2, 0) is 19.5 Å². The van der Waals surface area contributed by atoms with E-state index in [0.717, 1.165) is 32.6 Å². The first-order valence-electron chi connectivity index (χ1n) is 9.42. The van der Waals surface area contributed by atoms with Crippen molar-refractivity contribution in [1.29, 1.82) is 0 Å². The van der Waals surface area contributed by atoms with Gasteiger partial charge in [-0.05, 0) is 23.6 Å². The molecule has 1 heterocycles. The fourth-order valence-electron chi connectivity index (χ4n) is 3.34. The van der Waals surface area contributed by atoms with Crippen LogP contribution in [0.1, 0.15) is 16.7 Å². The summed E-state index contributed by atoms with van der Waals surface area (Å²) >= 11 is 0. The van der Waals surface area contributed by atoms with Gasteiger partial charge >= 0.3 is 6.61 Å². The molecule has 0 saturated heterocycles. The van der Waals surface area contributed by atoms with Crippen LogP contribution in [0.25, 0.3) is 0 Å². The number of nitrogens with zero attached hydrogens (tertiary/aromatic N) is 2. The van der Waals surface area contributed by atoms with Crippen molar-refractivity contribution < 1.29 is 13.5 Å². The minimum atomic E-state index is -2.84. The Morgan fingerprint density at radius 1 is 1.11 bits per heavy atom. The number of rotatable bonds is 7. The van der Waals surface area contributed by atoms with E-state index < -0.39 is 6.61 Å². The Bertz CT molecular complexity index is 797. The third kappa shape index (κ3) is 5.66. The summed E-state index contributed by atoms with van der Waals surface area (Å²) in [5.74, 6) is 0.802. The molecule has 0 amide bonds. The number of alkyl halides is 2. The summed E-state index contributed by atoms with van der Waals surface area (Å²) < 4.78 is 29.6. The standard InChI is InChI=1S/C21H26F2N4O/c1-24-21(26-14-17-7-4-5-9-19(17)28-20(22)23)25-11-13-27-12-10-16-6-2-3-8-18(16)15-27/h2-9,20H,10-15H2,1H3,(H2,24,25,26). The van der Waals surface area contributed by atoms with Gasteiger partial charge in [0, 0.05) is 45.3 Å². The zero-order valence-corrected chi connectivity index (χ0v) is 16.0. The number of halogens is 2. The number of ether oxygens (including phenoxy) is 1. The summed E-state index contributed by atoms with van der Waals surface area (Å²) in [5.41, 5.74) is 3.49. The molecule has 0 bridgehead atoms. The smallest absolute Gasteiger partial charge is 0.387 e. The third-order valence-electron chi connectivity index (χ3n) is 4.79. The quantitative estimate of drug-likeness (QED) is 0.566. The minimum Gasteiger partial charge on any atom is -0.434 e. The predicted molar refractivity (Wildman–Crippen MR) is 107 cm³/mol. The molecule has 0 spiro atoms. The first kappa shape index (κ1) is 20.1. The molecular weight excluding hydrogens is 362 g/mol. The lowest BCUT2D eigenvalue weighted by Crippen LogP contribution is -2.42. The maximum Gasteiger partial charge on any atom is 0.387 e. The third-order valence-corrected chi connectivity index (χ3v) is 4.79. The Morgan fingerprint density at radius 3 is 2.64 bits per heavy atom. The Hall–Kier alpha value is -2.67. The molecule has 0 atom stereocenters. The minimum absolute atomic E-state index is 0.174. The number of hydrogen-bond donors (Lipinski definition) is 2. The van der Waals surface area contributed by atoms with E-state index in [-0.39, 0.29) is 5.75 Å². The van der Waals surface area contributed by atoms with Gasteiger partial charge in [-0.1, -0.05) is 42.5 Å². The van der Waals surface area contributed by atoms with E-state index in [4.69, 9.17) is 0 Å². The molecule has 1 aliphatic rings. The average molecular weight is 388 g/mol. The molecule has 2 aromatic carbocycles. The summed E-state index contributed by atoms with van der Waals surface area (Å²) in [6.07, 6.45) is 1.07. The first-order valence-corrected chi connectivity index (χ1v) is 9.42. The number of nitrogens with one attached hydrogen (secondary N) is 2. The fraction of sp³-hybridized carbons (Fsp3) is 0.381. The molecule has 1 aliphatic heterocycles. The highest BCUT2D eigenvalue weighted by Gasteiger charge is 2.15. The zero-order chi connectivity index (χ0) is 19.8. The largest absolute Gasteiger partial charge is 0.434 e. The summed E-state index contributed by atoms with van der Waals surface area (Å²) in [7, 11) is 1.69. The van der Waals surface area contributed by atoms with Gasteiger partial charge in [0.05, 0.1) is 0 Å². The van der Waals surface area contributed by atoms with Gasteiger partial charge in [-0.2, -0.15) is 8.78 Å². The first-order chi connectivity index (χ1) is 13.7. The van der Waals surface area contributed by atoms with Crippen molar-refractivity contribution in [2.24, 2.45) is 4.99 Å². The molecule has 7 heteroatoms. The van der Waals surface area contributed by atoms with Gasteiger partial charge in [-0.3, -0.25) is 9.89 Å². The SMILES string of the molecule is CN=C(NCCN1CCc2ccccc2C1)NCc1ccccc1OC(F)F. The second-order valence-electron chi connectivity index (χ2n) is 6.63. The van der Waals surface area contributed by atoms with E-state index in [1.54, 1.807) is 25.2 Å². The molecule has 28 heavy (non-hydrogen) atoms. The second kappa shape index (κ2) is 10.0. The molecule has 5 nitrogen and oxygen atoms in total. The second-order valence-corrected chi connectivity index (χ2v) is 6.63. The number of fused-ring (bicyclic) bond motifs is 1. The van der Waals surface area contributed by atoms with E-state index in [0.29, 0.717) is 18.1 Å². The average Bonchev–Trinajstić information content (AvgIpc) is 2.71. The zero-order valence-electron chi connectivity index (χ0n) is 16.0. The van der Waals surface area contributed by atoms with E-state index in [9.17, 15) is 8.78 Å². The number of hydrogen-bond acceptors (Lipinski definition) is 3. The van der Waals surface area contributed by atoms with E-state index in [1.807, 2.05) is 0 Å². The van der Waals surface area contributed by atoms with Crippen molar-refractivity contribution >= 4 is 5.96 Å². The summed E-state index contributed by atoms with van der Waals surface area (Å²) in [6, 6.07) is 15.3. The van der Waals surface area contributed by atoms with Crippen molar-refractivity contribution in [3.63, 3.8) is 0 Å². The maximum atomic E-state index is 12.5. The van der Waals surface area contributed by atoms with Crippen LogP contribution in [0.5, 0.6) is 5.75 Å². The predicted octanol–water partition coefficient (Wildman–Crippen LogP) is 3.01. The molecule has 0 aliphatic carbocycles. The summed E-state index contributed by atoms with van der Waals surface area (Å²) in [4.78, 5) is 6.61. The molecular formula is C21H26F2N4O. The normalized spacial score (nSPS) is 14.6. The van der Waals surface area contributed by atoms with Crippen LogP contribution in [0.15, 0.2) is 53.5 Å². The highest BCUT2D eigenvalue weighted by Crippen LogP contribution is 2.20. The van der Waals surface area contributed by atoms with Crippen LogP contribution in [0.4, 0.5) is 8.78 Å². The Balaban J connectivity index is 1.45. The number of guanidine groups is 1. The Kier molecular flexibility index (Phi) is 7.19. The van der Waals surface area contributed by atoms with Crippen LogP contribution >= 0.6 is 0 Å². The van der Waals surface area contributed by atoms with Crippen LogP contribution in [0.2, 0.25) is 0 Å². The number of benzene rings is 2. The van der Waals surface area contributed by atoms with Crippen molar-refractivity contribution in [1.82, 2.24) is 15.5 Å². The van der Waals surface area contributed by atoms with Gasteiger partial charge in [-0.25, -0.2) is 0 Å². The Morgan fingerprint density at radius 2 is 1.86 bits per heavy atom. The fourth-order valence-corrected chi connectivity index (χ4v) is 3.34. The molecule has 0 fully saturated rings.